The summed E-state index contributed by atoms with van der Waals surface area (Å²) in [5.41, 5.74) is 1.68. The lowest BCUT2D eigenvalue weighted by Gasteiger charge is -2.11. The van der Waals surface area contributed by atoms with Crippen LogP contribution >= 0.6 is 11.9 Å². The average Bonchev–Trinajstić information content (AvgIpc) is 3.33. The highest BCUT2D eigenvalue weighted by Crippen LogP contribution is 2.40. The fraction of sp³-hybridized carbons (Fsp3) is 0.458. The van der Waals surface area contributed by atoms with Crippen LogP contribution in [0.3, 0.4) is 0 Å². The number of hydrogen-bond acceptors (Lipinski definition) is 4. The number of halogens is 3. The maximum atomic E-state index is 12.6. The zero-order valence-corrected chi connectivity index (χ0v) is 20.2. The van der Waals surface area contributed by atoms with Gasteiger partial charge in [-0.25, -0.2) is 4.68 Å². The summed E-state index contributed by atoms with van der Waals surface area (Å²) in [5.74, 6) is 0.530. The molecule has 0 amide bonds. The summed E-state index contributed by atoms with van der Waals surface area (Å²) in [6.45, 7) is 17.0. The summed E-state index contributed by atoms with van der Waals surface area (Å²) in [7, 11) is 0. The summed E-state index contributed by atoms with van der Waals surface area (Å²) in [4.78, 5) is 0. The van der Waals surface area contributed by atoms with E-state index in [-0.39, 0.29) is 6.61 Å². The third-order valence-electron chi connectivity index (χ3n) is 4.73. The summed E-state index contributed by atoms with van der Waals surface area (Å²) in [6.07, 6.45) is 6.75. The van der Waals surface area contributed by atoms with E-state index in [1.807, 2.05) is 19.9 Å². The van der Waals surface area contributed by atoms with E-state index in [9.17, 15) is 13.2 Å². The lowest BCUT2D eigenvalue weighted by molar-refractivity contribution is -0.0883. The zero-order chi connectivity index (χ0) is 24.4. The van der Waals surface area contributed by atoms with Crippen molar-refractivity contribution >= 4 is 17.5 Å². The molecule has 0 atom stereocenters. The normalized spacial score (nSPS) is 15.2. The molecule has 1 saturated carbocycles. The largest absolute Gasteiger partial charge is 0.473 e. The Morgan fingerprint density at radius 2 is 2.00 bits per heavy atom. The summed E-state index contributed by atoms with van der Waals surface area (Å²) in [6, 6.07) is 1.75. The molecule has 0 unspecified atom stereocenters. The van der Waals surface area contributed by atoms with Crippen molar-refractivity contribution in [1.82, 2.24) is 14.5 Å². The fourth-order valence-corrected chi connectivity index (χ4v) is 3.44. The van der Waals surface area contributed by atoms with Gasteiger partial charge in [0, 0.05) is 18.2 Å². The number of alkyl halides is 3. The first-order valence-corrected chi connectivity index (χ1v) is 11.6. The Balaban J connectivity index is 0.000000471. The number of hydrogen-bond donors (Lipinski definition) is 1. The minimum atomic E-state index is -4.37. The number of rotatable bonds is 11. The molecule has 1 N–H and O–H groups in total. The Kier molecular flexibility index (Phi) is 11.1. The van der Waals surface area contributed by atoms with Crippen LogP contribution in [0.25, 0.3) is 5.57 Å². The van der Waals surface area contributed by atoms with Gasteiger partial charge >= 0.3 is 6.18 Å². The Morgan fingerprint density at radius 1 is 1.34 bits per heavy atom. The first kappa shape index (κ1) is 27.8. The van der Waals surface area contributed by atoms with Gasteiger partial charge in [-0.05, 0) is 63.5 Å². The molecule has 1 fully saturated rings. The number of aromatic nitrogens is 2. The van der Waals surface area contributed by atoms with E-state index in [0.717, 1.165) is 29.8 Å². The van der Waals surface area contributed by atoms with E-state index in [0.29, 0.717) is 23.5 Å². The van der Waals surface area contributed by atoms with Gasteiger partial charge in [-0.1, -0.05) is 43.3 Å². The SMILES string of the molecule is C=C(/C=C\C(=C/C)C(F)(F)F)COc1cc(C(=C)C)nn1CC.C=CCC1(NSC)CC1. The smallest absolute Gasteiger partial charge is 0.416 e. The predicted octanol–water partition coefficient (Wildman–Crippen LogP) is 6.90. The molecule has 0 aromatic carbocycles. The molecule has 0 bridgehead atoms. The lowest BCUT2D eigenvalue weighted by Crippen LogP contribution is -2.23. The van der Waals surface area contributed by atoms with Crippen molar-refractivity contribution < 1.29 is 17.9 Å². The van der Waals surface area contributed by atoms with Gasteiger partial charge in [0.1, 0.15) is 6.61 Å². The van der Waals surface area contributed by atoms with Gasteiger partial charge in [0.2, 0.25) is 5.88 Å². The van der Waals surface area contributed by atoms with Crippen LogP contribution in [0.15, 0.2) is 61.3 Å². The maximum Gasteiger partial charge on any atom is 0.416 e. The molecule has 32 heavy (non-hydrogen) atoms. The monoisotopic (exact) mass is 469 g/mol. The van der Waals surface area contributed by atoms with Crippen molar-refractivity contribution in [1.29, 1.82) is 0 Å². The van der Waals surface area contributed by atoms with E-state index in [1.165, 1.54) is 25.8 Å². The van der Waals surface area contributed by atoms with Crippen molar-refractivity contribution in [2.24, 2.45) is 0 Å². The number of allylic oxidation sites excluding steroid dienone is 4. The molecule has 8 heteroatoms. The van der Waals surface area contributed by atoms with E-state index >= 15 is 0 Å². The van der Waals surface area contributed by atoms with Crippen molar-refractivity contribution in [2.75, 3.05) is 12.9 Å². The zero-order valence-electron chi connectivity index (χ0n) is 19.4. The van der Waals surface area contributed by atoms with Crippen LogP contribution in [-0.2, 0) is 6.54 Å². The van der Waals surface area contributed by atoms with Crippen LogP contribution in [0.1, 0.15) is 45.7 Å². The molecule has 4 nitrogen and oxygen atoms in total. The summed E-state index contributed by atoms with van der Waals surface area (Å²) < 4.78 is 48.4. The molecule has 0 aliphatic heterocycles. The summed E-state index contributed by atoms with van der Waals surface area (Å²) in [5, 5.41) is 4.31. The molecule has 1 aromatic heterocycles. The molecule has 0 radical (unpaired) electrons. The standard InChI is InChI=1S/C17H21F3N2O.C7H13NS/c1-6-14(17(18,19)20)9-8-13(5)11-23-16-10-15(12(3)4)21-22(16)7-2;1-3-4-7(5-6-7)8-9-2/h6,8-10H,3,5,7,11H2,1-2,4H3;3,8H,1,4-6H2,2H3/b9-8-,14-6+;. The van der Waals surface area contributed by atoms with Crippen molar-refractivity contribution in [2.45, 2.75) is 58.3 Å². The molecule has 2 rings (SSSR count). The summed E-state index contributed by atoms with van der Waals surface area (Å²) >= 11 is 1.71. The van der Waals surface area contributed by atoms with Crippen LogP contribution in [0.4, 0.5) is 13.2 Å². The second-order valence-electron chi connectivity index (χ2n) is 7.57. The molecule has 1 aliphatic carbocycles. The molecule has 1 heterocycles. The lowest BCUT2D eigenvalue weighted by atomic mass is 10.2. The third-order valence-corrected chi connectivity index (χ3v) is 5.37. The minimum absolute atomic E-state index is 0.0761. The Morgan fingerprint density at radius 3 is 2.44 bits per heavy atom. The van der Waals surface area contributed by atoms with Gasteiger partial charge in [-0.2, -0.15) is 18.3 Å². The van der Waals surface area contributed by atoms with E-state index in [2.05, 4.69) is 35.8 Å². The molecule has 0 saturated heterocycles. The number of nitrogens with zero attached hydrogens (tertiary/aromatic N) is 2. The third kappa shape index (κ3) is 9.12. The Hall–Kier alpha value is -2.19. The first-order valence-electron chi connectivity index (χ1n) is 10.4. The quantitative estimate of drug-likeness (QED) is 0.217. The first-order chi connectivity index (χ1) is 15.0. The minimum Gasteiger partial charge on any atom is -0.473 e. The topological polar surface area (TPSA) is 39.1 Å². The van der Waals surface area contributed by atoms with E-state index in [4.69, 9.17) is 4.74 Å². The Bertz CT molecular complexity index is 849. The van der Waals surface area contributed by atoms with Gasteiger partial charge in [0.25, 0.3) is 0 Å². The maximum absolute atomic E-state index is 12.6. The molecule has 178 valence electrons. The number of nitrogens with one attached hydrogen (secondary N) is 1. The van der Waals surface area contributed by atoms with Gasteiger partial charge in [-0.3, -0.25) is 4.72 Å². The average molecular weight is 470 g/mol. The molecule has 1 aliphatic rings. The highest BCUT2D eigenvalue weighted by atomic mass is 32.2. The van der Waals surface area contributed by atoms with Gasteiger partial charge in [0.05, 0.1) is 11.3 Å². The second-order valence-corrected chi connectivity index (χ2v) is 8.18. The fourth-order valence-electron chi connectivity index (χ4n) is 2.72. The van der Waals surface area contributed by atoms with Gasteiger partial charge in [0.15, 0.2) is 0 Å². The predicted molar refractivity (Wildman–Crippen MR) is 130 cm³/mol. The molecule has 1 aromatic rings. The van der Waals surface area contributed by atoms with E-state index in [1.54, 1.807) is 22.7 Å². The highest BCUT2D eigenvalue weighted by molar-refractivity contribution is 7.96. The van der Waals surface area contributed by atoms with Crippen LogP contribution < -0.4 is 9.46 Å². The molecular formula is C24H34F3N3OS. The van der Waals surface area contributed by atoms with E-state index < -0.39 is 11.7 Å². The Labute approximate surface area is 194 Å². The molecule has 0 spiro atoms. The van der Waals surface area contributed by atoms with Crippen LogP contribution in [0.2, 0.25) is 0 Å². The second kappa shape index (κ2) is 12.7. The van der Waals surface area contributed by atoms with Crippen LogP contribution in [-0.4, -0.2) is 34.4 Å². The molecular weight excluding hydrogens is 435 g/mol. The van der Waals surface area contributed by atoms with Crippen molar-refractivity contribution in [3.8, 4) is 5.88 Å². The van der Waals surface area contributed by atoms with Crippen LogP contribution in [0, 0.1) is 0 Å². The van der Waals surface area contributed by atoms with Gasteiger partial charge in [-0.15, -0.1) is 6.58 Å². The van der Waals surface area contributed by atoms with Crippen molar-refractivity contribution in [3.05, 3.63) is 66.9 Å². The highest BCUT2D eigenvalue weighted by Gasteiger charge is 2.40. The number of ether oxygens (including phenoxy) is 1. The van der Waals surface area contributed by atoms with Crippen molar-refractivity contribution in [3.63, 3.8) is 0 Å². The van der Waals surface area contributed by atoms with Crippen LogP contribution in [0.5, 0.6) is 5.88 Å². The van der Waals surface area contributed by atoms with Gasteiger partial charge < -0.3 is 4.74 Å². The number of aryl methyl sites for hydroxylation is 1.